The molecule has 0 spiro atoms. The Kier molecular flexibility index (Phi) is 5.63. The van der Waals surface area contributed by atoms with Gasteiger partial charge in [-0.15, -0.1) is 0 Å². The van der Waals surface area contributed by atoms with E-state index < -0.39 is 6.03 Å². The first-order chi connectivity index (χ1) is 13.7. The zero-order valence-electron chi connectivity index (χ0n) is 16.4. The molecule has 0 atom stereocenters. The average molecular weight is 394 g/mol. The second-order valence-electron chi connectivity index (χ2n) is 7.21. The number of hydrogen-bond acceptors (Lipinski definition) is 4. The van der Waals surface area contributed by atoms with E-state index in [0.29, 0.717) is 29.2 Å². The zero-order chi connectivity index (χ0) is 21.1. The van der Waals surface area contributed by atoms with Crippen molar-refractivity contribution in [3.63, 3.8) is 0 Å². The Balaban J connectivity index is 1.67. The average Bonchev–Trinajstić information content (AvgIpc) is 2.87. The van der Waals surface area contributed by atoms with Gasteiger partial charge in [-0.05, 0) is 48.4 Å². The number of hydrogen-bond donors (Lipinski definition) is 3. The third kappa shape index (κ3) is 4.60. The number of carbonyl (C=O) groups excluding carboxylic acids is 4. The molecule has 29 heavy (non-hydrogen) atoms. The van der Waals surface area contributed by atoms with Gasteiger partial charge in [0.15, 0.2) is 0 Å². The van der Waals surface area contributed by atoms with Crippen LogP contribution in [-0.2, 0) is 4.79 Å². The second-order valence-corrected chi connectivity index (χ2v) is 7.21. The molecule has 2 aromatic carbocycles. The molecule has 0 fully saturated rings. The fraction of sp³-hybridized carbons (Fsp3) is 0.238. The van der Waals surface area contributed by atoms with Crippen LogP contribution < -0.4 is 16.0 Å². The van der Waals surface area contributed by atoms with Crippen molar-refractivity contribution in [3.05, 3.63) is 53.6 Å². The van der Waals surface area contributed by atoms with Crippen LogP contribution in [-0.4, -0.2) is 35.2 Å². The number of fused-ring (bicyclic) bond motifs is 1. The standard InChI is InChI=1S/C21H22N4O4/c1-12(2)11-25-19(27)17-9-8-16(10-18(17)20(25)28)24-21(29)23-15-6-4-14(5-7-15)22-13(3)26/h4-10,12H,11H2,1-3H3,(H,22,26)(H2,23,24,29). The molecule has 3 N–H and O–H groups in total. The van der Waals surface area contributed by atoms with Crippen LogP contribution in [0.5, 0.6) is 0 Å². The van der Waals surface area contributed by atoms with Crippen molar-refractivity contribution in [1.82, 2.24) is 4.90 Å². The Labute approximate surface area is 168 Å². The number of benzene rings is 2. The lowest BCUT2D eigenvalue weighted by molar-refractivity contribution is -0.114. The largest absolute Gasteiger partial charge is 0.326 e. The van der Waals surface area contributed by atoms with Crippen molar-refractivity contribution < 1.29 is 19.2 Å². The number of urea groups is 1. The summed E-state index contributed by atoms with van der Waals surface area (Å²) in [5.41, 5.74) is 2.19. The predicted octanol–water partition coefficient (Wildman–Crippen LogP) is 3.54. The molecule has 1 heterocycles. The summed E-state index contributed by atoms with van der Waals surface area (Å²) >= 11 is 0. The molecule has 1 aliphatic rings. The Hall–Kier alpha value is -3.68. The minimum atomic E-state index is -0.493. The van der Waals surface area contributed by atoms with Crippen molar-refractivity contribution in [1.29, 1.82) is 0 Å². The van der Waals surface area contributed by atoms with Crippen molar-refractivity contribution in [2.45, 2.75) is 20.8 Å². The van der Waals surface area contributed by atoms with E-state index in [4.69, 9.17) is 0 Å². The topological polar surface area (TPSA) is 108 Å². The smallest absolute Gasteiger partial charge is 0.323 e. The normalized spacial score (nSPS) is 12.8. The number of imide groups is 1. The number of nitrogens with zero attached hydrogens (tertiary/aromatic N) is 1. The maximum atomic E-state index is 12.5. The Morgan fingerprint density at radius 1 is 0.828 bits per heavy atom. The van der Waals surface area contributed by atoms with Crippen LogP contribution in [0.2, 0.25) is 0 Å². The van der Waals surface area contributed by atoms with Crippen LogP contribution in [0, 0.1) is 5.92 Å². The molecular weight excluding hydrogens is 372 g/mol. The van der Waals surface area contributed by atoms with Crippen LogP contribution >= 0.6 is 0 Å². The van der Waals surface area contributed by atoms with Gasteiger partial charge >= 0.3 is 6.03 Å². The molecule has 0 saturated heterocycles. The van der Waals surface area contributed by atoms with Crippen LogP contribution in [0.4, 0.5) is 21.9 Å². The van der Waals surface area contributed by atoms with Crippen molar-refractivity contribution in [2.24, 2.45) is 5.92 Å². The first kappa shape index (κ1) is 20.1. The highest BCUT2D eigenvalue weighted by atomic mass is 16.2. The summed E-state index contributed by atoms with van der Waals surface area (Å²) in [4.78, 5) is 49.4. The lowest BCUT2D eigenvalue weighted by Gasteiger charge is -2.15. The molecule has 0 radical (unpaired) electrons. The van der Waals surface area contributed by atoms with E-state index in [1.807, 2.05) is 13.8 Å². The van der Waals surface area contributed by atoms with Crippen LogP contribution in [0.1, 0.15) is 41.5 Å². The third-order valence-corrected chi connectivity index (χ3v) is 4.24. The molecule has 3 rings (SSSR count). The van der Waals surface area contributed by atoms with Crippen LogP contribution in [0.3, 0.4) is 0 Å². The molecule has 8 nitrogen and oxygen atoms in total. The summed E-state index contributed by atoms with van der Waals surface area (Å²) < 4.78 is 0. The van der Waals surface area contributed by atoms with Crippen molar-refractivity contribution in [2.75, 3.05) is 22.5 Å². The Morgan fingerprint density at radius 3 is 1.93 bits per heavy atom. The van der Waals surface area contributed by atoms with Gasteiger partial charge in [-0.3, -0.25) is 19.3 Å². The van der Waals surface area contributed by atoms with E-state index in [9.17, 15) is 19.2 Å². The van der Waals surface area contributed by atoms with Gasteiger partial charge in [0.1, 0.15) is 0 Å². The number of nitrogens with one attached hydrogen (secondary N) is 3. The first-order valence-corrected chi connectivity index (χ1v) is 9.20. The summed E-state index contributed by atoms with van der Waals surface area (Å²) in [5, 5.41) is 7.97. The maximum Gasteiger partial charge on any atom is 0.323 e. The van der Waals surface area contributed by atoms with Crippen molar-refractivity contribution >= 4 is 40.8 Å². The van der Waals surface area contributed by atoms with Crippen molar-refractivity contribution in [3.8, 4) is 0 Å². The number of anilines is 3. The van der Waals surface area contributed by atoms with Gasteiger partial charge in [0.25, 0.3) is 11.8 Å². The fourth-order valence-electron chi connectivity index (χ4n) is 3.03. The van der Waals surface area contributed by atoms with E-state index >= 15 is 0 Å². The van der Waals surface area contributed by atoms with Gasteiger partial charge in [0, 0.05) is 30.5 Å². The van der Waals surface area contributed by atoms with Crippen LogP contribution in [0.15, 0.2) is 42.5 Å². The highest BCUT2D eigenvalue weighted by Gasteiger charge is 2.35. The number of amides is 5. The summed E-state index contributed by atoms with van der Waals surface area (Å²) in [6.07, 6.45) is 0. The monoisotopic (exact) mass is 394 g/mol. The lowest BCUT2D eigenvalue weighted by atomic mass is 10.1. The maximum absolute atomic E-state index is 12.5. The van der Waals surface area contributed by atoms with Gasteiger partial charge < -0.3 is 16.0 Å². The van der Waals surface area contributed by atoms with E-state index in [1.54, 1.807) is 36.4 Å². The molecule has 1 aliphatic heterocycles. The summed E-state index contributed by atoms with van der Waals surface area (Å²) in [7, 11) is 0. The molecule has 8 heteroatoms. The molecule has 0 aromatic heterocycles. The van der Waals surface area contributed by atoms with Gasteiger partial charge in [-0.2, -0.15) is 0 Å². The third-order valence-electron chi connectivity index (χ3n) is 4.24. The molecule has 0 saturated carbocycles. The fourth-order valence-corrected chi connectivity index (χ4v) is 3.03. The Bertz CT molecular complexity index is 983. The molecule has 150 valence electrons. The molecule has 5 amide bonds. The molecule has 0 aliphatic carbocycles. The zero-order valence-corrected chi connectivity index (χ0v) is 16.4. The van der Waals surface area contributed by atoms with Gasteiger partial charge in [-0.25, -0.2) is 4.79 Å². The highest BCUT2D eigenvalue weighted by Crippen LogP contribution is 2.26. The molecule has 0 unspecified atom stereocenters. The minimum absolute atomic E-state index is 0.164. The van der Waals surface area contributed by atoms with E-state index in [1.165, 1.54) is 17.9 Å². The highest BCUT2D eigenvalue weighted by molar-refractivity contribution is 6.22. The summed E-state index contributed by atoms with van der Waals surface area (Å²) in [6.45, 7) is 5.63. The molecule has 2 aromatic rings. The summed E-state index contributed by atoms with van der Waals surface area (Å²) in [5.74, 6) is -0.678. The lowest BCUT2D eigenvalue weighted by Crippen LogP contribution is -2.33. The van der Waals surface area contributed by atoms with Crippen LogP contribution in [0.25, 0.3) is 0 Å². The first-order valence-electron chi connectivity index (χ1n) is 9.20. The summed E-state index contributed by atoms with van der Waals surface area (Å²) in [6, 6.07) is 10.8. The number of carbonyl (C=O) groups is 4. The number of rotatable bonds is 5. The minimum Gasteiger partial charge on any atom is -0.326 e. The van der Waals surface area contributed by atoms with E-state index in [-0.39, 0.29) is 29.2 Å². The molecular formula is C21H22N4O4. The quantitative estimate of drug-likeness (QED) is 0.674. The SMILES string of the molecule is CC(=O)Nc1ccc(NC(=O)Nc2ccc3c(c2)C(=O)N(CC(C)C)C3=O)cc1. The van der Waals surface area contributed by atoms with Gasteiger partial charge in [0.05, 0.1) is 11.1 Å². The van der Waals surface area contributed by atoms with E-state index in [0.717, 1.165) is 0 Å². The van der Waals surface area contributed by atoms with E-state index in [2.05, 4.69) is 16.0 Å². The predicted molar refractivity (Wildman–Crippen MR) is 110 cm³/mol. The van der Waals surface area contributed by atoms with Gasteiger partial charge in [-0.1, -0.05) is 13.8 Å². The molecule has 0 bridgehead atoms. The second kappa shape index (κ2) is 8.14. The Morgan fingerprint density at radius 2 is 1.34 bits per heavy atom. The van der Waals surface area contributed by atoms with Gasteiger partial charge in [0.2, 0.25) is 5.91 Å².